The smallest absolute Gasteiger partial charge is 0.382 e. The summed E-state index contributed by atoms with van der Waals surface area (Å²) in [5.74, 6) is -2.11. The summed E-state index contributed by atoms with van der Waals surface area (Å²) in [6.45, 7) is 0. The van der Waals surface area contributed by atoms with Gasteiger partial charge in [-0.1, -0.05) is 0 Å². The lowest BCUT2D eigenvalue weighted by molar-refractivity contribution is -0.210. The number of aliphatic hydroxyl groups excluding tert-OH is 1. The number of nitrogens with two attached hydrogens (primary N) is 1. The maximum Gasteiger partial charge on any atom is 0.416 e. The fourth-order valence-corrected chi connectivity index (χ4v) is 1.15. The molecule has 0 aliphatic heterocycles. The zero-order valence-corrected chi connectivity index (χ0v) is 7.80. The third kappa shape index (κ3) is 2.89. The topological polar surface area (TPSA) is 46.2 Å². The fraction of sp³-hybridized carbons (Fsp3) is 0.333. The van der Waals surface area contributed by atoms with Gasteiger partial charge in [0.05, 0.1) is 6.04 Å². The zero-order valence-electron chi connectivity index (χ0n) is 7.80. The molecule has 1 aromatic carbocycles. The monoisotopic (exact) mass is 241 g/mol. The van der Waals surface area contributed by atoms with Crippen molar-refractivity contribution in [1.82, 2.24) is 0 Å². The molecule has 0 aliphatic carbocycles. The molecule has 0 heterocycles. The summed E-state index contributed by atoms with van der Waals surface area (Å²) in [6.07, 6.45) is -7.81. The van der Waals surface area contributed by atoms with Crippen LogP contribution in [0.4, 0.5) is 22.0 Å². The molecule has 0 aliphatic rings. The molecule has 7 heteroatoms. The van der Waals surface area contributed by atoms with Gasteiger partial charge in [0.15, 0.2) is 6.10 Å². The summed E-state index contributed by atoms with van der Waals surface area (Å²) in [5, 5.41) is 8.79. The number of rotatable bonds is 2. The lowest BCUT2D eigenvalue weighted by Crippen LogP contribution is -2.38. The van der Waals surface area contributed by atoms with Crippen LogP contribution in [0.3, 0.4) is 0 Å². The van der Waals surface area contributed by atoms with Crippen LogP contribution in [0.5, 0.6) is 0 Å². The van der Waals surface area contributed by atoms with E-state index in [9.17, 15) is 22.0 Å². The number of aliphatic hydroxyl groups is 1. The van der Waals surface area contributed by atoms with Crippen molar-refractivity contribution in [3.8, 4) is 0 Å². The molecule has 2 atom stereocenters. The van der Waals surface area contributed by atoms with Gasteiger partial charge in [0.1, 0.15) is 11.6 Å². The van der Waals surface area contributed by atoms with Crippen molar-refractivity contribution in [3.63, 3.8) is 0 Å². The Kier molecular flexibility index (Phi) is 3.49. The molecule has 0 amide bonds. The Morgan fingerprint density at radius 1 is 1.06 bits per heavy atom. The van der Waals surface area contributed by atoms with Gasteiger partial charge in [-0.2, -0.15) is 13.2 Å². The quantitative estimate of drug-likeness (QED) is 0.776. The Bertz CT molecular complexity index is 358. The second-order valence-corrected chi connectivity index (χ2v) is 3.22. The maximum absolute atomic E-state index is 12.7. The number of alkyl halides is 3. The van der Waals surface area contributed by atoms with Crippen LogP contribution in [0.15, 0.2) is 18.2 Å². The maximum atomic E-state index is 12.7. The largest absolute Gasteiger partial charge is 0.416 e. The molecule has 2 nitrogen and oxygen atoms in total. The summed E-state index contributed by atoms with van der Waals surface area (Å²) >= 11 is 0. The summed E-state index contributed by atoms with van der Waals surface area (Å²) in [7, 11) is 0. The summed E-state index contributed by atoms with van der Waals surface area (Å²) in [4.78, 5) is 0. The van der Waals surface area contributed by atoms with Gasteiger partial charge in [0, 0.05) is 6.07 Å². The van der Waals surface area contributed by atoms with Crippen LogP contribution in [-0.4, -0.2) is 17.4 Å². The first-order valence-corrected chi connectivity index (χ1v) is 4.18. The van der Waals surface area contributed by atoms with Crippen LogP contribution >= 0.6 is 0 Å². The van der Waals surface area contributed by atoms with Gasteiger partial charge < -0.3 is 10.8 Å². The highest BCUT2D eigenvalue weighted by atomic mass is 19.4. The van der Waals surface area contributed by atoms with E-state index >= 15 is 0 Å². The molecule has 1 aromatic rings. The molecule has 0 saturated heterocycles. The van der Waals surface area contributed by atoms with Crippen LogP contribution < -0.4 is 5.73 Å². The second kappa shape index (κ2) is 4.34. The Labute approximate surface area is 87.5 Å². The Morgan fingerprint density at radius 2 is 1.50 bits per heavy atom. The summed E-state index contributed by atoms with van der Waals surface area (Å²) in [6, 6.07) is -0.146. The highest BCUT2D eigenvalue weighted by Crippen LogP contribution is 2.29. The van der Waals surface area contributed by atoms with Crippen LogP contribution in [0.2, 0.25) is 0 Å². The van der Waals surface area contributed by atoms with E-state index < -0.39 is 35.5 Å². The standard InChI is InChI=1S/C9H8F5NO/c10-5-1-4(2-6(11)3-5)7(15)8(16)9(12,13)14/h1-3,7-8,16H,15H2/t7-,8-/m1/s1. The summed E-state index contributed by atoms with van der Waals surface area (Å²) < 4.78 is 61.6. The lowest BCUT2D eigenvalue weighted by atomic mass is 10.0. The normalized spacial score (nSPS) is 15.9. The predicted octanol–water partition coefficient (Wildman–Crippen LogP) is 1.89. The fourth-order valence-electron chi connectivity index (χ4n) is 1.15. The molecule has 0 radical (unpaired) electrons. The number of hydrogen-bond donors (Lipinski definition) is 2. The van der Waals surface area contributed by atoms with Gasteiger partial charge in [-0.15, -0.1) is 0 Å². The first-order valence-electron chi connectivity index (χ1n) is 4.18. The van der Waals surface area contributed by atoms with Crippen molar-refractivity contribution >= 4 is 0 Å². The van der Waals surface area contributed by atoms with Crippen molar-refractivity contribution in [2.24, 2.45) is 5.73 Å². The number of benzene rings is 1. The number of halogens is 5. The van der Waals surface area contributed by atoms with Crippen molar-refractivity contribution in [2.75, 3.05) is 0 Å². The van der Waals surface area contributed by atoms with Gasteiger partial charge in [0.25, 0.3) is 0 Å². The lowest BCUT2D eigenvalue weighted by Gasteiger charge is -2.21. The number of hydrogen-bond acceptors (Lipinski definition) is 2. The van der Waals surface area contributed by atoms with Crippen LogP contribution in [0.1, 0.15) is 11.6 Å². The first-order chi connectivity index (χ1) is 7.21. The molecule has 0 unspecified atom stereocenters. The molecule has 0 fully saturated rings. The van der Waals surface area contributed by atoms with E-state index in [1.807, 2.05) is 0 Å². The van der Waals surface area contributed by atoms with Crippen molar-refractivity contribution in [2.45, 2.75) is 18.3 Å². The molecular formula is C9H8F5NO. The van der Waals surface area contributed by atoms with E-state index in [0.717, 1.165) is 0 Å². The van der Waals surface area contributed by atoms with E-state index in [1.165, 1.54) is 0 Å². The molecule has 0 spiro atoms. The van der Waals surface area contributed by atoms with Gasteiger partial charge in [-0.25, -0.2) is 8.78 Å². The molecule has 0 saturated carbocycles. The third-order valence-electron chi connectivity index (χ3n) is 1.95. The van der Waals surface area contributed by atoms with Crippen LogP contribution in [-0.2, 0) is 0 Å². The van der Waals surface area contributed by atoms with E-state index in [4.69, 9.17) is 10.8 Å². The minimum atomic E-state index is -4.94. The molecule has 16 heavy (non-hydrogen) atoms. The molecular weight excluding hydrogens is 233 g/mol. The SMILES string of the molecule is N[C@H](c1cc(F)cc(F)c1)[C@@H](O)C(F)(F)F. The van der Waals surface area contributed by atoms with Crippen molar-refractivity contribution in [3.05, 3.63) is 35.4 Å². The molecule has 3 N–H and O–H groups in total. The van der Waals surface area contributed by atoms with Gasteiger partial charge in [-0.3, -0.25) is 0 Å². The minimum absolute atomic E-state index is 0.456. The zero-order chi connectivity index (χ0) is 12.5. The highest BCUT2D eigenvalue weighted by molar-refractivity contribution is 5.22. The summed E-state index contributed by atoms with van der Waals surface area (Å²) in [5.41, 5.74) is 4.60. The third-order valence-corrected chi connectivity index (χ3v) is 1.95. The Hall–Kier alpha value is -1.21. The molecule has 0 aromatic heterocycles. The van der Waals surface area contributed by atoms with E-state index in [2.05, 4.69) is 0 Å². The van der Waals surface area contributed by atoms with Gasteiger partial charge in [0.2, 0.25) is 0 Å². The molecule has 0 bridgehead atoms. The first kappa shape index (κ1) is 12.9. The van der Waals surface area contributed by atoms with Crippen molar-refractivity contribution < 1.29 is 27.1 Å². The Balaban J connectivity index is 3.00. The minimum Gasteiger partial charge on any atom is -0.382 e. The average molecular weight is 241 g/mol. The van der Waals surface area contributed by atoms with Gasteiger partial charge >= 0.3 is 6.18 Å². The molecule has 1 rings (SSSR count). The highest BCUT2D eigenvalue weighted by Gasteiger charge is 2.42. The second-order valence-electron chi connectivity index (χ2n) is 3.22. The van der Waals surface area contributed by atoms with E-state index in [-0.39, 0.29) is 0 Å². The Morgan fingerprint density at radius 3 is 1.88 bits per heavy atom. The predicted molar refractivity (Wildman–Crippen MR) is 45.3 cm³/mol. The van der Waals surface area contributed by atoms with Crippen LogP contribution in [0.25, 0.3) is 0 Å². The van der Waals surface area contributed by atoms with E-state index in [1.54, 1.807) is 0 Å². The molecule has 90 valence electrons. The van der Waals surface area contributed by atoms with Gasteiger partial charge in [-0.05, 0) is 17.7 Å². The average Bonchev–Trinajstić information content (AvgIpc) is 2.12. The van der Waals surface area contributed by atoms with Crippen LogP contribution in [0, 0.1) is 11.6 Å². The van der Waals surface area contributed by atoms with Crippen molar-refractivity contribution in [1.29, 1.82) is 0 Å². The van der Waals surface area contributed by atoms with E-state index in [0.29, 0.717) is 18.2 Å².